The summed E-state index contributed by atoms with van der Waals surface area (Å²) in [5, 5.41) is 13.5. The van der Waals surface area contributed by atoms with E-state index in [2.05, 4.69) is 37.9 Å². The minimum atomic E-state index is -0.0600. The van der Waals surface area contributed by atoms with Crippen molar-refractivity contribution in [3.8, 4) is 0 Å². The Hall–Kier alpha value is -0.120. The number of aliphatic hydroxyl groups is 1. The molecule has 0 spiro atoms. The molecule has 3 heteroatoms. The van der Waals surface area contributed by atoms with Crippen LogP contribution in [0, 0.1) is 11.3 Å². The van der Waals surface area contributed by atoms with E-state index in [4.69, 9.17) is 0 Å². The highest BCUT2D eigenvalue weighted by atomic mass is 16.3. The van der Waals surface area contributed by atoms with Gasteiger partial charge in [-0.15, -0.1) is 0 Å². The lowest BCUT2D eigenvalue weighted by atomic mass is 9.69. The topological polar surface area (TPSA) is 35.5 Å². The summed E-state index contributed by atoms with van der Waals surface area (Å²) in [6, 6.07) is 0. The van der Waals surface area contributed by atoms with Gasteiger partial charge >= 0.3 is 0 Å². The van der Waals surface area contributed by atoms with Gasteiger partial charge in [0.25, 0.3) is 0 Å². The lowest BCUT2D eigenvalue weighted by Gasteiger charge is -2.46. The van der Waals surface area contributed by atoms with E-state index in [-0.39, 0.29) is 11.6 Å². The molecular formula is C18H36N2O. The molecule has 0 aromatic carbocycles. The Kier molecular flexibility index (Phi) is 5.72. The Morgan fingerprint density at radius 2 is 1.86 bits per heavy atom. The van der Waals surface area contributed by atoms with E-state index in [1.807, 2.05) is 0 Å². The lowest BCUT2D eigenvalue weighted by Crippen LogP contribution is -2.52. The fraction of sp³-hybridized carbons (Fsp3) is 1.00. The average molecular weight is 296 g/mol. The minimum absolute atomic E-state index is 0.0600. The van der Waals surface area contributed by atoms with E-state index in [1.165, 1.54) is 32.2 Å². The van der Waals surface area contributed by atoms with E-state index in [0.717, 1.165) is 38.4 Å². The van der Waals surface area contributed by atoms with Crippen LogP contribution in [0.3, 0.4) is 0 Å². The molecule has 0 amide bonds. The van der Waals surface area contributed by atoms with Gasteiger partial charge in [0.15, 0.2) is 0 Å². The first-order chi connectivity index (χ1) is 9.78. The third-order valence-electron chi connectivity index (χ3n) is 5.30. The molecule has 21 heavy (non-hydrogen) atoms. The van der Waals surface area contributed by atoms with Crippen LogP contribution in [0.4, 0.5) is 0 Å². The van der Waals surface area contributed by atoms with Gasteiger partial charge < -0.3 is 15.3 Å². The van der Waals surface area contributed by atoms with Crippen LogP contribution in [0.5, 0.6) is 0 Å². The first-order valence-corrected chi connectivity index (χ1v) is 8.93. The van der Waals surface area contributed by atoms with Gasteiger partial charge in [0.2, 0.25) is 0 Å². The maximum atomic E-state index is 9.71. The second-order valence-corrected chi connectivity index (χ2v) is 8.81. The smallest absolute Gasteiger partial charge is 0.0564 e. The number of piperidine rings is 1. The van der Waals surface area contributed by atoms with Crippen molar-refractivity contribution in [2.45, 2.75) is 77.9 Å². The van der Waals surface area contributed by atoms with E-state index >= 15 is 0 Å². The van der Waals surface area contributed by atoms with Crippen LogP contribution in [0.15, 0.2) is 0 Å². The van der Waals surface area contributed by atoms with Crippen LogP contribution < -0.4 is 5.32 Å². The SMILES string of the molecule is CC1CCCC(CNC(C)(C)C)(CN2CCC(O)CC2)C1. The van der Waals surface area contributed by atoms with Crippen LogP contribution >= 0.6 is 0 Å². The van der Waals surface area contributed by atoms with Gasteiger partial charge in [0, 0.05) is 31.7 Å². The summed E-state index contributed by atoms with van der Waals surface area (Å²) in [5.41, 5.74) is 0.638. The van der Waals surface area contributed by atoms with Crippen molar-refractivity contribution in [1.82, 2.24) is 10.2 Å². The first-order valence-electron chi connectivity index (χ1n) is 8.93. The summed E-state index contributed by atoms with van der Waals surface area (Å²) in [7, 11) is 0. The zero-order valence-corrected chi connectivity index (χ0v) is 14.6. The molecule has 1 saturated carbocycles. The number of hydrogen-bond acceptors (Lipinski definition) is 3. The van der Waals surface area contributed by atoms with Gasteiger partial charge in [-0.05, 0) is 57.8 Å². The summed E-state index contributed by atoms with van der Waals surface area (Å²) < 4.78 is 0. The Morgan fingerprint density at radius 1 is 1.19 bits per heavy atom. The molecule has 0 bridgehead atoms. The first kappa shape index (κ1) is 17.2. The van der Waals surface area contributed by atoms with Crippen LogP contribution in [0.1, 0.15) is 66.2 Å². The van der Waals surface area contributed by atoms with Gasteiger partial charge in [0.1, 0.15) is 0 Å². The van der Waals surface area contributed by atoms with Gasteiger partial charge in [-0.25, -0.2) is 0 Å². The summed E-state index contributed by atoms with van der Waals surface area (Å²) in [6.07, 6.45) is 7.35. The van der Waals surface area contributed by atoms with Crippen molar-refractivity contribution < 1.29 is 5.11 Å². The van der Waals surface area contributed by atoms with Crippen molar-refractivity contribution >= 4 is 0 Å². The van der Waals surface area contributed by atoms with Crippen molar-refractivity contribution in [1.29, 1.82) is 0 Å². The molecular weight excluding hydrogens is 260 g/mol. The van der Waals surface area contributed by atoms with E-state index in [1.54, 1.807) is 0 Å². The van der Waals surface area contributed by atoms with E-state index in [9.17, 15) is 5.11 Å². The summed E-state index contributed by atoms with van der Waals surface area (Å²) >= 11 is 0. The second kappa shape index (κ2) is 6.97. The fourth-order valence-corrected chi connectivity index (χ4v) is 4.13. The molecule has 2 rings (SSSR count). The van der Waals surface area contributed by atoms with Crippen molar-refractivity contribution in [3.63, 3.8) is 0 Å². The lowest BCUT2D eigenvalue weighted by molar-refractivity contribution is 0.0314. The predicted octanol–water partition coefficient (Wildman–Crippen LogP) is 3.03. The molecule has 2 fully saturated rings. The molecule has 2 atom stereocenters. The third kappa shape index (κ3) is 5.54. The Bertz CT molecular complexity index is 318. The number of aliphatic hydroxyl groups excluding tert-OH is 1. The van der Waals surface area contributed by atoms with Gasteiger partial charge in [-0.2, -0.15) is 0 Å². The molecule has 124 valence electrons. The van der Waals surface area contributed by atoms with Crippen molar-refractivity contribution in [2.75, 3.05) is 26.2 Å². The quantitative estimate of drug-likeness (QED) is 0.837. The normalized spacial score (nSPS) is 33.3. The highest BCUT2D eigenvalue weighted by molar-refractivity contribution is 4.92. The van der Waals surface area contributed by atoms with Gasteiger partial charge in [-0.3, -0.25) is 0 Å². The third-order valence-corrected chi connectivity index (χ3v) is 5.30. The van der Waals surface area contributed by atoms with Crippen LogP contribution in [0.25, 0.3) is 0 Å². The average Bonchev–Trinajstić information content (AvgIpc) is 2.39. The number of likely N-dealkylation sites (tertiary alicyclic amines) is 1. The number of rotatable bonds is 4. The Morgan fingerprint density at radius 3 is 2.43 bits per heavy atom. The van der Waals surface area contributed by atoms with Crippen LogP contribution in [0.2, 0.25) is 0 Å². The minimum Gasteiger partial charge on any atom is -0.393 e. The molecule has 1 aliphatic carbocycles. The van der Waals surface area contributed by atoms with E-state index in [0.29, 0.717) is 5.41 Å². The molecule has 0 radical (unpaired) electrons. The second-order valence-electron chi connectivity index (χ2n) is 8.81. The molecule has 2 unspecified atom stereocenters. The number of hydrogen-bond donors (Lipinski definition) is 2. The molecule has 1 saturated heterocycles. The monoisotopic (exact) mass is 296 g/mol. The largest absolute Gasteiger partial charge is 0.393 e. The zero-order chi connectivity index (χ0) is 15.5. The number of nitrogens with zero attached hydrogens (tertiary/aromatic N) is 1. The molecule has 3 nitrogen and oxygen atoms in total. The molecule has 2 N–H and O–H groups in total. The summed E-state index contributed by atoms with van der Waals surface area (Å²) in [4.78, 5) is 2.61. The Labute approximate surface area is 131 Å². The van der Waals surface area contributed by atoms with Crippen molar-refractivity contribution in [3.05, 3.63) is 0 Å². The maximum absolute atomic E-state index is 9.71. The van der Waals surface area contributed by atoms with Crippen LogP contribution in [-0.4, -0.2) is 47.8 Å². The predicted molar refractivity (Wildman–Crippen MR) is 89.5 cm³/mol. The number of nitrogens with one attached hydrogen (secondary N) is 1. The standard InChI is InChI=1S/C18H36N2O/c1-15-6-5-9-18(12-15,13-19-17(2,3)4)14-20-10-7-16(21)8-11-20/h15-16,19,21H,5-14H2,1-4H3. The fourth-order valence-electron chi connectivity index (χ4n) is 4.13. The van der Waals surface area contributed by atoms with Gasteiger partial charge in [0.05, 0.1) is 6.10 Å². The molecule has 0 aromatic heterocycles. The highest BCUT2D eigenvalue weighted by Gasteiger charge is 2.37. The summed E-state index contributed by atoms with van der Waals surface area (Å²) in [6.45, 7) is 13.7. The molecule has 0 aromatic rings. The van der Waals surface area contributed by atoms with Crippen molar-refractivity contribution in [2.24, 2.45) is 11.3 Å². The molecule has 1 heterocycles. The maximum Gasteiger partial charge on any atom is 0.0564 e. The zero-order valence-electron chi connectivity index (χ0n) is 14.6. The van der Waals surface area contributed by atoms with Crippen LogP contribution in [-0.2, 0) is 0 Å². The Balaban J connectivity index is 1.97. The molecule has 2 aliphatic rings. The summed E-state index contributed by atoms with van der Waals surface area (Å²) in [5.74, 6) is 0.857. The highest BCUT2D eigenvalue weighted by Crippen LogP contribution is 2.40. The molecule has 1 aliphatic heterocycles. The van der Waals surface area contributed by atoms with Gasteiger partial charge in [-0.1, -0.05) is 19.8 Å². The van der Waals surface area contributed by atoms with E-state index < -0.39 is 0 Å².